The summed E-state index contributed by atoms with van der Waals surface area (Å²) in [4.78, 5) is 0.882. The third-order valence-corrected chi connectivity index (χ3v) is 5.41. The van der Waals surface area contributed by atoms with E-state index in [2.05, 4.69) is 18.6 Å². The van der Waals surface area contributed by atoms with Crippen LogP contribution in [0.2, 0.25) is 0 Å². The van der Waals surface area contributed by atoms with Gasteiger partial charge in [-0.3, -0.25) is 0 Å². The maximum atomic E-state index is 11.9. The zero-order chi connectivity index (χ0) is 12.9. The molecule has 6 heteroatoms. The predicted molar refractivity (Wildman–Crippen MR) is 71.5 cm³/mol. The maximum Gasteiger partial charge on any atom is 0.250 e. The average Bonchev–Trinajstić information content (AvgIpc) is 2.73. The van der Waals surface area contributed by atoms with Gasteiger partial charge in [0.1, 0.15) is 4.21 Å². The van der Waals surface area contributed by atoms with Crippen LogP contribution < -0.4 is 10.5 Å². The summed E-state index contributed by atoms with van der Waals surface area (Å²) in [6.07, 6.45) is 1.90. The smallest absolute Gasteiger partial charge is 0.250 e. The molecule has 0 saturated carbocycles. The van der Waals surface area contributed by atoms with Crippen LogP contribution in [0.4, 0.5) is 0 Å². The van der Waals surface area contributed by atoms with Crippen LogP contribution in [-0.4, -0.2) is 15.0 Å². The Morgan fingerprint density at radius 2 is 2.12 bits per heavy atom. The summed E-state index contributed by atoms with van der Waals surface area (Å²) in [5.74, 6) is 0.602. The molecular weight excluding hydrogens is 256 g/mol. The molecule has 1 aromatic heterocycles. The van der Waals surface area contributed by atoms with E-state index in [4.69, 9.17) is 5.73 Å². The van der Waals surface area contributed by atoms with E-state index < -0.39 is 10.0 Å². The second-order valence-electron chi connectivity index (χ2n) is 4.36. The molecule has 0 atom stereocenters. The topological polar surface area (TPSA) is 72.2 Å². The molecule has 0 aliphatic rings. The molecule has 0 spiro atoms. The first-order valence-corrected chi connectivity index (χ1v) is 8.04. The van der Waals surface area contributed by atoms with Crippen molar-refractivity contribution in [2.75, 3.05) is 6.54 Å². The van der Waals surface area contributed by atoms with Crippen LogP contribution in [0.15, 0.2) is 16.3 Å². The van der Waals surface area contributed by atoms with Gasteiger partial charge in [-0.2, -0.15) is 0 Å². The molecule has 0 aromatic carbocycles. The Morgan fingerprint density at radius 1 is 1.41 bits per heavy atom. The molecule has 3 N–H and O–H groups in total. The zero-order valence-electron chi connectivity index (χ0n) is 10.3. The second kappa shape index (κ2) is 6.49. The molecule has 1 heterocycles. The minimum atomic E-state index is -3.33. The molecule has 0 saturated heterocycles. The number of hydrogen-bond acceptors (Lipinski definition) is 4. The molecule has 0 amide bonds. The minimum absolute atomic E-state index is 0.350. The number of hydrogen-bond donors (Lipinski definition) is 2. The van der Waals surface area contributed by atoms with Crippen molar-refractivity contribution in [3.8, 4) is 0 Å². The summed E-state index contributed by atoms with van der Waals surface area (Å²) in [6.45, 7) is 5.13. The fraction of sp³-hybridized carbons (Fsp3) is 0.636. The maximum absolute atomic E-state index is 11.9. The summed E-state index contributed by atoms with van der Waals surface area (Å²) < 4.78 is 26.7. The molecule has 4 nitrogen and oxygen atoms in total. The van der Waals surface area contributed by atoms with Crippen LogP contribution in [0.1, 0.15) is 31.6 Å². The van der Waals surface area contributed by atoms with Gasteiger partial charge in [0, 0.05) is 18.0 Å². The number of nitrogens with two attached hydrogens (primary N) is 1. The van der Waals surface area contributed by atoms with Gasteiger partial charge in [-0.05, 0) is 30.9 Å². The second-order valence-corrected chi connectivity index (χ2v) is 7.52. The zero-order valence-corrected chi connectivity index (χ0v) is 11.9. The third-order valence-electron chi connectivity index (χ3n) is 2.35. The van der Waals surface area contributed by atoms with Crippen molar-refractivity contribution < 1.29 is 8.42 Å². The number of sulfonamides is 1. The van der Waals surface area contributed by atoms with Gasteiger partial charge in [-0.25, -0.2) is 13.1 Å². The van der Waals surface area contributed by atoms with Crippen molar-refractivity contribution >= 4 is 21.4 Å². The highest BCUT2D eigenvalue weighted by Crippen LogP contribution is 2.20. The van der Waals surface area contributed by atoms with E-state index in [-0.39, 0.29) is 0 Å². The molecule has 0 radical (unpaired) electrons. The third kappa shape index (κ3) is 4.75. The lowest BCUT2D eigenvalue weighted by atomic mass is 10.1. The highest BCUT2D eigenvalue weighted by molar-refractivity contribution is 7.91. The quantitative estimate of drug-likeness (QED) is 0.747. The molecule has 98 valence electrons. The van der Waals surface area contributed by atoms with Crippen molar-refractivity contribution in [2.45, 2.75) is 37.4 Å². The fourth-order valence-corrected chi connectivity index (χ4v) is 3.75. The van der Waals surface area contributed by atoms with E-state index in [9.17, 15) is 8.42 Å². The summed E-state index contributed by atoms with van der Waals surface area (Å²) in [6, 6.07) is 3.37. The Bertz CT molecular complexity index is 438. The average molecular weight is 276 g/mol. The number of nitrogens with one attached hydrogen (secondary N) is 1. The van der Waals surface area contributed by atoms with Crippen LogP contribution >= 0.6 is 11.3 Å². The van der Waals surface area contributed by atoms with Gasteiger partial charge in [-0.15, -0.1) is 11.3 Å². The van der Waals surface area contributed by atoms with Crippen LogP contribution in [0.25, 0.3) is 0 Å². The Morgan fingerprint density at radius 3 is 2.65 bits per heavy atom. The molecule has 0 fully saturated rings. The molecule has 0 aliphatic carbocycles. The molecule has 0 bridgehead atoms. The van der Waals surface area contributed by atoms with E-state index >= 15 is 0 Å². The number of thiophene rings is 1. The van der Waals surface area contributed by atoms with Gasteiger partial charge in [0.2, 0.25) is 10.0 Å². The first-order chi connectivity index (χ1) is 7.95. The van der Waals surface area contributed by atoms with Crippen molar-refractivity contribution in [3.63, 3.8) is 0 Å². The Balaban J connectivity index is 2.51. The predicted octanol–water partition coefficient (Wildman–Crippen LogP) is 1.92. The first kappa shape index (κ1) is 14.6. The van der Waals surface area contributed by atoms with Gasteiger partial charge in [0.05, 0.1) is 0 Å². The summed E-state index contributed by atoms with van der Waals surface area (Å²) in [5.41, 5.74) is 5.46. The SMILES string of the molecule is CC(C)CCCNS(=O)(=O)c1ccc(CN)s1. The summed E-state index contributed by atoms with van der Waals surface area (Å²) in [5, 5.41) is 0. The monoisotopic (exact) mass is 276 g/mol. The van der Waals surface area contributed by atoms with Crippen molar-refractivity contribution in [2.24, 2.45) is 11.7 Å². The number of rotatable bonds is 7. The van der Waals surface area contributed by atoms with Crippen molar-refractivity contribution in [1.29, 1.82) is 0 Å². The van der Waals surface area contributed by atoms with E-state index in [1.807, 2.05) is 0 Å². The van der Waals surface area contributed by atoms with Gasteiger partial charge >= 0.3 is 0 Å². The lowest BCUT2D eigenvalue weighted by molar-refractivity contribution is 0.540. The summed E-state index contributed by atoms with van der Waals surface area (Å²) in [7, 11) is -3.33. The first-order valence-electron chi connectivity index (χ1n) is 5.74. The Labute approximate surface area is 107 Å². The Kier molecular flexibility index (Phi) is 5.58. The Hall–Kier alpha value is -0.430. The van der Waals surface area contributed by atoms with Crippen LogP contribution in [0, 0.1) is 5.92 Å². The van der Waals surface area contributed by atoms with Gasteiger partial charge in [0.15, 0.2) is 0 Å². The van der Waals surface area contributed by atoms with E-state index in [1.165, 1.54) is 11.3 Å². The molecule has 0 aliphatic heterocycles. The minimum Gasteiger partial charge on any atom is -0.326 e. The highest BCUT2D eigenvalue weighted by atomic mass is 32.2. The molecular formula is C11H20N2O2S2. The van der Waals surface area contributed by atoms with Gasteiger partial charge in [0.25, 0.3) is 0 Å². The lowest BCUT2D eigenvalue weighted by Gasteiger charge is -2.06. The van der Waals surface area contributed by atoms with Gasteiger partial charge < -0.3 is 5.73 Å². The van der Waals surface area contributed by atoms with Crippen molar-refractivity contribution in [3.05, 3.63) is 17.0 Å². The molecule has 0 unspecified atom stereocenters. The normalized spacial score (nSPS) is 12.2. The van der Waals surface area contributed by atoms with Crippen LogP contribution in [0.3, 0.4) is 0 Å². The van der Waals surface area contributed by atoms with Crippen LogP contribution in [-0.2, 0) is 16.6 Å². The lowest BCUT2D eigenvalue weighted by Crippen LogP contribution is -2.24. The van der Waals surface area contributed by atoms with E-state index in [1.54, 1.807) is 12.1 Å². The fourth-order valence-electron chi connectivity index (χ4n) is 1.40. The summed E-state index contributed by atoms with van der Waals surface area (Å²) >= 11 is 1.23. The molecule has 17 heavy (non-hydrogen) atoms. The van der Waals surface area contributed by atoms with E-state index in [0.29, 0.717) is 23.2 Å². The van der Waals surface area contributed by atoms with Gasteiger partial charge in [-0.1, -0.05) is 13.8 Å². The van der Waals surface area contributed by atoms with Crippen molar-refractivity contribution in [1.82, 2.24) is 4.72 Å². The molecule has 1 aromatic rings. The standard InChI is InChI=1S/C11H20N2O2S2/c1-9(2)4-3-7-13-17(14,15)11-6-5-10(8-12)16-11/h5-6,9,13H,3-4,7-8,12H2,1-2H3. The largest absolute Gasteiger partial charge is 0.326 e. The molecule has 1 rings (SSSR count). The highest BCUT2D eigenvalue weighted by Gasteiger charge is 2.15. The van der Waals surface area contributed by atoms with Crippen LogP contribution in [0.5, 0.6) is 0 Å². The van der Waals surface area contributed by atoms with E-state index in [0.717, 1.165) is 17.7 Å².